The van der Waals surface area contributed by atoms with Crippen LogP contribution in [0.4, 0.5) is 5.69 Å². The molecule has 8 nitrogen and oxygen atoms in total. The quantitative estimate of drug-likeness (QED) is 0.557. The van der Waals surface area contributed by atoms with Crippen molar-refractivity contribution in [3.05, 3.63) is 34.4 Å². The van der Waals surface area contributed by atoms with Gasteiger partial charge in [-0.3, -0.25) is 19.8 Å². The molecule has 0 bridgehead atoms. The molecule has 0 aliphatic rings. The number of benzene rings is 1. The van der Waals surface area contributed by atoms with Gasteiger partial charge in [0.2, 0.25) is 0 Å². The lowest BCUT2D eigenvalue weighted by molar-refractivity contribution is -0.384. The second-order valence-electron chi connectivity index (χ2n) is 3.29. The molecule has 0 radical (unpaired) electrons. The van der Waals surface area contributed by atoms with Crippen LogP contribution in [-0.4, -0.2) is 31.2 Å². The molecule has 0 aromatic heterocycles. The average molecular weight is 290 g/mol. The first-order chi connectivity index (χ1) is 8.93. The molecular weight excluding hydrogens is 276 g/mol. The van der Waals surface area contributed by atoms with E-state index in [-0.39, 0.29) is 23.8 Å². The summed E-state index contributed by atoms with van der Waals surface area (Å²) in [5, 5.41) is 10.5. The SMILES string of the molecule is CCON(OCC)S(=O)(=O)c1ccc([N+](=O)[O-])cc1. The molecule has 1 aromatic carbocycles. The monoisotopic (exact) mass is 290 g/mol. The lowest BCUT2D eigenvalue weighted by Crippen LogP contribution is -2.31. The van der Waals surface area contributed by atoms with Gasteiger partial charge in [-0.2, -0.15) is 0 Å². The number of nitro benzene ring substituents is 1. The summed E-state index contributed by atoms with van der Waals surface area (Å²) < 4.78 is 24.6. The summed E-state index contributed by atoms with van der Waals surface area (Å²) in [4.78, 5) is 19.5. The first kappa shape index (κ1) is 15.5. The van der Waals surface area contributed by atoms with Crippen molar-refractivity contribution >= 4 is 15.7 Å². The normalized spacial score (nSPS) is 11.7. The highest BCUT2D eigenvalue weighted by Crippen LogP contribution is 2.20. The standard InChI is InChI=1S/C10H14N2O6S/c1-3-17-12(18-4-2)19(15,16)10-7-5-9(6-8-10)11(13)14/h5-8H,3-4H2,1-2H3. The number of rotatable bonds is 7. The Hall–Kier alpha value is -1.55. The molecule has 0 unspecified atom stereocenters. The van der Waals surface area contributed by atoms with E-state index in [0.29, 0.717) is 4.63 Å². The highest BCUT2D eigenvalue weighted by Gasteiger charge is 2.27. The summed E-state index contributed by atoms with van der Waals surface area (Å²) in [6.07, 6.45) is 0. The Balaban J connectivity index is 3.07. The van der Waals surface area contributed by atoms with Gasteiger partial charge in [-0.1, -0.05) is 0 Å². The predicted molar refractivity (Wildman–Crippen MR) is 65.4 cm³/mol. The Morgan fingerprint density at radius 1 is 1.16 bits per heavy atom. The summed E-state index contributed by atoms with van der Waals surface area (Å²) >= 11 is 0. The third-order valence-corrected chi connectivity index (χ3v) is 3.48. The van der Waals surface area contributed by atoms with E-state index in [4.69, 9.17) is 9.68 Å². The fourth-order valence-corrected chi connectivity index (χ4v) is 2.35. The van der Waals surface area contributed by atoms with E-state index < -0.39 is 14.9 Å². The number of non-ortho nitro benzene ring substituents is 1. The van der Waals surface area contributed by atoms with Crippen molar-refractivity contribution in [2.24, 2.45) is 0 Å². The van der Waals surface area contributed by atoms with Crippen LogP contribution in [0.15, 0.2) is 29.2 Å². The lowest BCUT2D eigenvalue weighted by Gasteiger charge is -2.18. The summed E-state index contributed by atoms with van der Waals surface area (Å²) in [6.45, 7) is 3.42. The highest BCUT2D eigenvalue weighted by atomic mass is 32.2. The lowest BCUT2D eigenvalue weighted by atomic mass is 10.3. The van der Waals surface area contributed by atoms with E-state index in [1.807, 2.05) is 0 Å². The zero-order valence-corrected chi connectivity index (χ0v) is 11.3. The molecule has 1 aromatic rings. The van der Waals surface area contributed by atoms with E-state index in [1.165, 1.54) is 0 Å². The Kier molecular flexibility index (Phi) is 5.36. The van der Waals surface area contributed by atoms with Crippen LogP contribution in [0.1, 0.15) is 13.8 Å². The largest absolute Gasteiger partial charge is 0.288 e. The van der Waals surface area contributed by atoms with Gasteiger partial charge < -0.3 is 0 Å². The minimum atomic E-state index is -4.00. The van der Waals surface area contributed by atoms with Gasteiger partial charge in [0.1, 0.15) is 0 Å². The maximum atomic E-state index is 12.1. The number of nitrogens with zero attached hydrogens (tertiary/aromatic N) is 2. The van der Waals surface area contributed by atoms with Crippen LogP contribution in [-0.2, 0) is 19.7 Å². The zero-order chi connectivity index (χ0) is 14.5. The van der Waals surface area contributed by atoms with Crippen LogP contribution >= 0.6 is 0 Å². The minimum Gasteiger partial charge on any atom is -0.261 e. The number of sulfonamides is 1. The molecule has 0 amide bonds. The number of hydrogen-bond acceptors (Lipinski definition) is 6. The van der Waals surface area contributed by atoms with Crippen LogP contribution < -0.4 is 0 Å². The molecule has 0 heterocycles. The van der Waals surface area contributed by atoms with Gasteiger partial charge in [0.05, 0.1) is 27.7 Å². The third kappa shape index (κ3) is 3.70. The maximum Gasteiger partial charge on any atom is 0.288 e. The van der Waals surface area contributed by atoms with Crippen LogP contribution in [0.2, 0.25) is 0 Å². The van der Waals surface area contributed by atoms with Gasteiger partial charge in [-0.05, 0) is 26.0 Å². The molecule has 0 aliphatic carbocycles. The molecule has 0 atom stereocenters. The van der Waals surface area contributed by atoms with Crippen molar-refractivity contribution in [1.82, 2.24) is 4.63 Å². The molecule has 19 heavy (non-hydrogen) atoms. The van der Waals surface area contributed by atoms with Crippen LogP contribution in [0.3, 0.4) is 0 Å². The number of nitro groups is 1. The van der Waals surface area contributed by atoms with Gasteiger partial charge in [0, 0.05) is 12.1 Å². The molecule has 0 aliphatic heterocycles. The van der Waals surface area contributed by atoms with Gasteiger partial charge in [0.15, 0.2) is 0 Å². The maximum absolute atomic E-state index is 12.1. The van der Waals surface area contributed by atoms with Gasteiger partial charge in [-0.15, -0.1) is 0 Å². The van der Waals surface area contributed by atoms with Crippen molar-refractivity contribution < 1.29 is 23.0 Å². The summed E-state index contributed by atoms with van der Waals surface area (Å²) in [5.41, 5.74) is -0.196. The van der Waals surface area contributed by atoms with Crippen molar-refractivity contribution in [1.29, 1.82) is 0 Å². The van der Waals surface area contributed by atoms with Crippen molar-refractivity contribution in [3.8, 4) is 0 Å². The van der Waals surface area contributed by atoms with Crippen LogP contribution in [0.25, 0.3) is 0 Å². The van der Waals surface area contributed by atoms with E-state index in [9.17, 15) is 18.5 Å². The van der Waals surface area contributed by atoms with E-state index in [1.54, 1.807) is 13.8 Å². The smallest absolute Gasteiger partial charge is 0.261 e. The Morgan fingerprint density at radius 2 is 1.63 bits per heavy atom. The Labute approximate surface area is 110 Å². The Morgan fingerprint density at radius 3 is 2.00 bits per heavy atom. The minimum absolute atomic E-state index is 0.103. The predicted octanol–water partition coefficient (Wildman–Crippen LogP) is 1.49. The molecular formula is C10H14N2O6S. The zero-order valence-electron chi connectivity index (χ0n) is 10.5. The molecule has 0 fully saturated rings. The second-order valence-corrected chi connectivity index (χ2v) is 5.00. The fourth-order valence-electron chi connectivity index (χ4n) is 1.21. The van der Waals surface area contributed by atoms with Gasteiger partial charge >= 0.3 is 0 Å². The average Bonchev–Trinajstić information content (AvgIpc) is 2.38. The fraction of sp³-hybridized carbons (Fsp3) is 0.400. The molecule has 0 N–H and O–H groups in total. The molecule has 1 rings (SSSR count). The first-order valence-corrected chi connectivity index (χ1v) is 6.93. The van der Waals surface area contributed by atoms with E-state index in [2.05, 4.69) is 0 Å². The van der Waals surface area contributed by atoms with Crippen LogP contribution in [0.5, 0.6) is 0 Å². The molecule has 9 heteroatoms. The van der Waals surface area contributed by atoms with Crippen LogP contribution in [0, 0.1) is 10.1 Å². The van der Waals surface area contributed by atoms with E-state index in [0.717, 1.165) is 24.3 Å². The highest BCUT2D eigenvalue weighted by molar-refractivity contribution is 7.88. The van der Waals surface area contributed by atoms with Gasteiger partial charge in [0.25, 0.3) is 15.7 Å². The molecule has 0 spiro atoms. The van der Waals surface area contributed by atoms with Crippen molar-refractivity contribution in [3.63, 3.8) is 0 Å². The second kappa shape index (κ2) is 6.57. The summed E-state index contributed by atoms with van der Waals surface area (Å²) in [7, 11) is -4.00. The van der Waals surface area contributed by atoms with E-state index >= 15 is 0 Å². The summed E-state index contributed by atoms with van der Waals surface area (Å²) in [6, 6.07) is 4.45. The summed E-state index contributed by atoms with van der Waals surface area (Å²) in [5.74, 6) is 0. The number of hydrogen-bond donors (Lipinski definition) is 0. The topological polar surface area (TPSA) is 99.0 Å². The van der Waals surface area contributed by atoms with Crippen molar-refractivity contribution in [2.75, 3.05) is 13.2 Å². The first-order valence-electron chi connectivity index (χ1n) is 5.49. The third-order valence-electron chi connectivity index (χ3n) is 2.01. The molecule has 0 saturated carbocycles. The molecule has 106 valence electrons. The van der Waals surface area contributed by atoms with Crippen molar-refractivity contribution in [2.45, 2.75) is 18.7 Å². The van der Waals surface area contributed by atoms with Gasteiger partial charge in [-0.25, -0.2) is 8.42 Å². The Bertz CT molecular complexity index is 521. The molecule has 0 saturated heterocycles.